The summed E-state index contributed by atoms with van der Waals surface area (Å²) < 4.78 is 5.52. The number of nitrogens with two attached hydrogens (primary N) is 1. The summed E-state index contributed by atoms with van der Waals surface area (Å²) in [5.74, 6) is 1.59. The van der Waals surface area contributed by atoms with Crippen molar-refractivity contribution in [3.05, 3.63) is 24.2 Å². The Hall–Kier alpha value is -0.840. The Morgan fingerprint density at radius 2 is 2.00 bits per heavy atom. The lowest BCUT2D eigenvalue weighted by molar-refractivity contribution is 0.147. The molecular formula is C14H27N3O. The van der Waals surface area contributed by atoms with E-state index in [1.54, 1.807) is 6.26 Å². The first-order valence-electron chi connectivity index (χ1n) is 6.66. The highest BCUT2D eigenvalue weighted by Crippen LogP contribution is 2.21. The minimum Gasteiger partial charge on any atom is -0.468 e. The van der Waals surface area contributed by atoms with Gasteiger partial charge in [0.2, 0.25) is 0 Å². The molecule has 1 heterocycles. The van der Waals surface area contributed by atoms with Crippen molar-refractivity contribution in [2.75, 3.05) is 40.3 Å². The van der Waals surface area contributed by atoms with Gasteiger partial charge in [-0.25, -0.2) is 0 Å². The van der Waals surface area contributed by atoms with Crippen molar-refractivity contribution in [2.45, 2.75) is 19.9 Å². The zero-order valence-electron chi connectivity index (χ0n) is 12.1. The zero-order valence-corrected chi connectivity index (χ0v) is 12.1. The van der Waals surface area contributed by atoms with E-state index in [-0.39, 0.29) is 6.04 Å². The summed E-state index contributed by atoms with van der Waals surface area (Å²) in [4.78, 5) is 4.62. The predicted molar refractivity (Wildman–Crippen MR) is 75.5 cm³/mol. The highest BCUT2D eigenvalue weighted by atomic mass is 16.3. The van der Waals surface area contributed by atoms with Gasteiger partial charge in [0.25, 0.3) is 0 Å². The molecule has 0 bridgehead atoms. The average Bonchev–Trinajstić information content (AvgIpc) is 2.79. The molecule has 0 aliphatic carbocycles. The summed E-state index contributed by atoms with van der Waals surface area (Å²) in [7, 11) is 4.19. The maximum absolute atomic E-state index is 5.93. The molecule has 0 aliphatic heterocycles. The van der Waals surface area contributed by atoms with Gasteiger partial charge in [0.15, 0.2) is 0 Å². The highest BCUT2D eigenvalue weighted by Gasteiger charge is 2.22. The average molecular weight is 253 g/mol. The largest absolute Gasteiger partial charge is 0.468 e. The van der Waals surface area contributed by atoms with Gasteiger partial charge in [0, 0.05) is 26.2 Å². The van der Waals surface area contributed by atoms with Gasteiger partial charge < -0.3 is 15.1 Å². The third-order valence-corrected chi connectivity index (χ3v) is 2.97. The number of nitrogens with zero attached hydrogens (tertiary/aromatic N) is 2. The minimum absolute atomic E-state index is 0.183. The molecule has 1 rings (SSSR count). The van der Waals surface area contributed by atoms with Crippen LogP contribution in [0.5, 0.6) is 0 Å². The van der Waals surface area contributed by atoms with Crippen LogP contribution in [-0.4, -0.2) is 50.1 Å². The van der Waals surface area contributed by atoms with Crippen LogP contribution in [0.1, 0.15) is 25.6 Å². The van der Waals surface area contributed by atoms with Crippen molar-refractivity contribution in [2.24, 2.45) is 11.7 Å². The van der Waals surface area contributed by atoms with Crippen LogP contribution in [0.15, 0.2) is 22.8 Å². The molecule has 18 heavy (non-hydrogen) atoms. The van der Waals surface area contributed by atoms with E-state index in [1.165, 1.54) is 0 Å². The molecule has 1 aromatic rings. The normalized spacial score (nSPS) is 13.8. The number of rotatable bonds is 8. The minimum atomic E-state index is 0.183. The van der Waals surface area contributed by atoms with E-state index in [9.17, 15) is 0 Å². The second-order valence-electron chi connectivity index (χ2n) is 5.46. The maximum atomic E-state index is 5.93. The Balaban J connectivity index is 2.72. The quantitative estimate of drug-likeness (QED) is 0.767. The predicted octanol–water partition coefficient (Wildman–Crippen LogP) is 1.80. The fraction of sp³-hybridized carbons (Fsp3) is 0.714. The van der Waals surface area contributed by atoms with Crippen LogP contribution in [0.25, 0.3) is 0 Å². The van der Waals surface area contributed by atoms with Crippen molar-refractivity contribution in [3.63, 3.8) is 0 Å². The first kappa shape index (κ1) is 15.2. The van der Waals surface area contributed by atoms with Crippen LogP contribution in [0.4, 0.5) is 0 Å². The summed E-state index contributed by atoms with van der Waals surface area (Å²) in [6, 6.07) is 4.13. The van der Waals surface area contributed by atoms with Gasteiger partial charge in [0.05, 0.1) is 12.3 Å². The van der Waals surface area contributed by atoms with Crippen molar-refractivity contribution in [1.29, 1.82) is 0 Å². The molecule has 1 aromatic heterocycles. The fourth-order valence-corrected chi connectivity index (χ4v) is 2.10. The fourth-order valence-electron chi connectivity index (χ4n) is 2.10. The maximum Gasteiger partial charge on any atom is 0.122 e. The zero-order chi connectivity index (χ0) is 13.5. The highest BCUT2D eigenvalue weighted by molar-refractivity contribution is 5.05. The second kappa shape index (κ2) is 7.56. The molecule has 0 fully saturated rings. The standard InChI is InChI=1S/C14H27N3O/c1-12(2)11-17(8-7-16(3)4)13(10-15)14-6-5-9-18-14/h5-6,9,12-13H,7-8,10-11,15H2,1-4H3. The summed E-state index contributed by atoms with van der Waals surface area (Å²) in [6.45, 7) is 8.14. The van der Waals surface area contributed by atoms with Crippen LogP contribution < -0.4 is 5.73 Å². The molecule has 104 valence electrons. The smallest absolute Gasteiger partial charge is 0.122 e. The van der Waals surface area contributed by atoms with Gasteiger partial charge in [-0.05, 0) is 32.1 Å². The van der Waals surface area contributed by atoms with Crippen LogP contribution in [0.2, 0.25) is 0 Å². The number of hydrogen-bond donors (Lipinski definition) is 1. The van der Waals surface area contributed by atoms with Gasteiger partial charge >= 0.3 is 0 Å². The van der Waals surface area contributed by atoms with Crippen molar-refractivity contribution in [1.82, 2.24) is 9.80 Å². The van der Waals surface area contributed by atoms with Gasteiger partial charge in [-0.3, -0.25) is 4.90 Å². The molecule has 0 spiro atoms. The van der Waals surface area contributed by atoms with Crippen molar-refractivity contribution >= 4 is 0 Å². The molecule has 0 saturated carbocycles. The van der Waals surface area contributed by atoms with Crippen LogP contribution in [0.3, 0.4) is 0 Å². The van der Waals surface area contributed by atoms with Crippen LogP contribution in [0, 0.1) is 5.92 Å². The molecule has 0 amide bonds. The SMILES string of the molecule is CC(C)CN(CCN(C)C)C(CN)c1ccco1. The molecule has 2 N–H and O–H groups in total. The summed E-state index contributed by atoms with van der Waals surface area (Å²) in [5, 5.41) is 0. The third kappa shape index (κ3) is 4.80. The number of furan rings is 1. The summed E-state index contributed by atoms with van der Waals surface area (Å²) >= 11 is 0. The lowest BCUT2D eigenvalue weighted by Gasteiger charge is -2.32. The topological polar surface area (TPSA) is 45.6 Å². The molecule has 0 radical (unpaired) electrons. The Kier molecular flexibility index (Phi) is 6.39. The van der Waals surface area contributed by atoms with Gasteiger partial charge in [0.1, 0.15) is 5.76 Å². The van der Waals surface area contributed by atoms with E-state index in [0.29, 0.717) is 12.5 Å². The Labute approximate surface area is 111 Å². The third-order valence-electron chi connectivity index (χ3n) is 2.97. The lowest BCUT2D eigenvalue weighted by atomic mass is 10.1. The molecule has 4 heteroatoms. The summed E-state index contributed by atoms with van der Waals surface area (Å²) in [5.41, 5.74) is 5.93. The monoisotopic (exact) mass is 253 g/mol. The van der Waals surface area contributed by atoms with E-state index < -0.39 is 0 Å². The molecule has 0 aromatic carbocycles. The van der Waals surface area contributed by atoms with Crippen molar-refractivity contribution in [3.8, 4) is 0 Å². The number of hydrogen-bond acceptors (Lipinski definition) is 4. The molecule has 0 saturated heterocycles. The molecule has 4 nitrogen and oxygen atoms in total. The van der Waals surface area contributed by atoms with Gasteiger partial charge in [-0.2, -0.15) is 0 Å². The van der Waals surface area contributed by atoms with Crippen LogP contribution in [-0.2, 0) is 0 Å². The first-order chi connectivity index (χ1) is 8.54. The molecule has 0 aliphatic rings. The Morgan fingerprint density at radius 1 is 1.28 bits per heavy atom. The Morgan fingerprint density at radius 3 is 2.44 bits per heavy atom. The van der Waals surface area contributed by atoms with E-state index in [1.807, 2.05) is 12.1 Å². The second-order valence-corrected chi connectivity index (χ2v) is 5.46. The molecular weight excluding hydrogens is 226 g/mol. The van der Waals surface area contributed by atoms with E-state index in [0.717, 1.165) is 25.4 Å². The summed E-state index contributed by atoms with van der Waals surface area (Å²) in [6.07, 6.45) is 1.72. The number of likely N-dealkylation sites (N-methyl/N-ethyl adjacent to an activating group) is 1. The molecule has 1 atom stereocenters. The lowest BCUT2D eigenvalue weighted by Crippen LogP contribution is -2.40. The first-order valence-corrected chi connectivity index (χ1v) is 6.66. The van der Waals surface area contributed by atoms with Gasteiger partial charge in [-0.15, -0.1) is 0 Å². The van der Waals surface area contributed by atoms with E-state index >= 15 is 0 Å². The van der Waals surface area contributed by atoms with Gasteiger partial charge in [-0.1, -0.05) is 13.8 Å². The van der Waals surface area contributed by atoms with Crippen molar-refractivity contribution < 1.29 is 4.42 Å². The Bertz CT molecular complexity index is 309. The van der Waals surface area contributed by atoms with Crippen LogP contribution >= 0.6 is 0 Å². The van der Waals surface area contributed by atoms with E-state index in [2.05, 4.69) is 37.7 Å². The molecule has 1 unspecified atom stereocenters. The van der Waals surface area contributed by atoms with E-state index in [4.69, 9.17) is 10.2 Å².